The van der Waals surface area contributed by atoms with Crippen LogP contribution in [0.1, 0.15) is 47.3 Å². The summed E-state index contributed by atoms with van der Waals surface area (Å²) in [7, 11) is 0. The van der Waals surface area contributed by atoms with Gasteiger partial charge in [0.25, 0.3) is 0 Å². The Hall–Kier alpha value is -4.80. The lowest BCUT2D eigenvalue weighted by Gasteiger charge is -2.15. The molecule has 0 spiro atoms. The van der Waals surface area contributed by atoms with Gasteiger partial charge in [0.15, 0.2) is 5.92 Å². The zero-order valence-corrected chi connectivity index (χ0v) is 22.1. The van der Waals surface area contributed by atoms with E-state index in [1.807, 2.05) is 0 Å². The van der Waals surface area contributed by atoms with Crippen LogP contribution < -0.4 is 4.74 Å². The Kier molecular flexibility index (Phi) is 7.68. The highest BCUT2D eigenvalue weighted by atomic mass is 19.4. The number of aromatic nitrogens is 1. The molecule has 0 unspecified atom stereocenters. The van der Waals surface area contributed by atoms with Crippen LogP contribution in [0.4, 0.5) is 13.2 Å². The molecule has 3 N–H and O–H groups in total. The first-order valence-electron chi connectivity index (χ1n) is 13.2. The molecule has 0 amide bonds. The van der Waals surface area contributed by atoms with Gasteiger partial charge in [0, 0.05) is 11.1 Å². The van der Waals surface area contributed by atoms with Crippen LogP contribution >= 0.6 is 0 Å². The molecule has 1 aromatic heterocycles. The number of fused-ring (bicyclic) bond motifs is 1. The van der Waals surface area contributed by atoms with Crippen LogP contribution in [-0.4, -0.2) is 43.9 Å². The Balaban J connectivity index is 1.66. The summed E-state index contributed by atoms with van der Waals surface area (Å²) in [4.78, 5) is 36.2. The number of ether oxygens (including phenoxy) is 1. The molecular formula is C31H26F3NO7. The molecular weight excluding hydrogens is 555 g/mol. The SMILES string of the molecule is O=C(O)c1c(CC(C(=O)O)C(=O)O)c2cc(-c3ccc(C(F)(F)F)cc3)ccc2n1-c1ccc(OC2CCCC2)cc1. The molecule has 1 heterocycles. The Bertz CT molecular complexity index is 1640. The van der Waals surface area contributed by atoms with Crippen molar-refractivity contribution in [3.05, 3.63) is 83.6 Å². The van der Waals surface area contributed by atoms with Gasteiger partial charge >= 0.3 is 24.1 Å². The quantitative estimate of drug-likeness (QED) is 0.189. The molecule has 218 valence electrons. The normalized spacial score (nSPS) is 14.0. The first-order valence-corrected chi connectivity index (χ1v) is 13.2. The van der Waals surface area contributed by atoms with Crippen molar-refractivity contribution in [1.82, 2.24) is 4.57 Å². The minimum atomic E-state index is -4.52. The number of benzene rings is 3. The number of nitrogens with zero attached hydrogens (tertiary/aromatic N) is 1. The lowest BCUT2D eigenvalue weighted by molar-refractivity contribution is -0.154. The van der Waals surface area contributed by atoms with Crippen LogP contribution in [-0.2, 0) is 22.2 Å². The molecule has 0 atom stereocenters. The van der Waals surface area contributed by atoms with Gasteiger partial charge in [-0.25, -0.2) is 4.79 Å². The number of hydrogen-bond acceptors (Lipinski definition) is 4. The average Bonchev–Trinajstić information content (AvgIpc) is 3.57. The van der Waals surface area contributed by atoms with Crippen LogP contribution in [0, 0.1) is 5.92 Å². The summed E-state index contributed by atoms with van der Waals surface area (Å²) in [6.07, 6.45) is -0.968. The molecule has 42 heavy (non-hydrogen) atoms. The number of carbonyl (C=O) groups is 3. The fourth-order valence-corrected chi connectivity index (χ4v) is 5.44. The molecule has 5 rings (SSSR count). The van der Waals surface area contributed by atoms with Crippen molar-refractivity contribution in [1.29, 1.82) is 0 Å². The highest BCUT2D eigenvalue weighted by Gasteiger charge is 2.33. The van der Waals surface area contributed by atoms with Crippen molar-refractivity contribution in [2.45, 2.75) is 44.4 Å². The second kappa shape index (κ2) is 11.2. The largest absolute Gasteiger partial charge is 0.490 e. The molecule has 0 saturated heterocycles. The van der Waals surface area contributed by atoms with Gasteiger partial charge < -0.3 is 24.6 Å². The van der Waals surface area contributed by atoms with Gasteiger partial charge in [0.1, 0.15) is 11.4 Å². The number of halogens is 3. The zero-order valence-electron chi connectivity index (χ0n) is 22.1. The van der Waals surface area contributed by atoms with Crippen LogP contribution in [0.3, 0.4) is 0 Å². The Morgan fingerprint density at radius 1 is 0.857 bits per heavy atom. The molecule has 11 heteroatoms. The summed E-state index contributed by atoms with van der Waals surface area (Å²) in [5, 5.41) is 29.7. The topological polar surface area (TPSA) is 126 Å². The van der Waals surface area contributed by atoms with Gasteiger partial charge in [-0.1, -0.05) is 18.2 Å². The molecule has 0 bridgehead atoms. The van der Waals surface area contributed by atoms with E-state index in [-0.39, 0.29) is 22.7 Å². The third kappa shape index (κ3) is 5.67. The summed E-state index contributed by atoms with van der Waals surface area (Å²) in [6, 6.07) is 15.9. The third-order valence-corrected chi connectivity index (χ3v) is 7.52. The first-order chi connectivity index (χ1) is 19.9. The summed E-state index contributed by atoms with van der Waals surface area (Å²) >= 11 is 0. The molecule has 1 fully saturated rings. The summed E-state index contributed by atoms with van der Waals surface area (Å²) in [6.45, 7) is 0. The van der Waals surface area contributed by atoms with Crippen molar-refractivity contribution < 1.29 is 47.6 Å². The molecule has 3 aromatic carbocycles. The number of aliphatic carboxylic acids is 2. The standard InChI is InChI=1S/C31H26F3NO7/c32-31(33,34)19-8-5-17(6-9-19)18-7-14-26-23(15-18)24(16-25(28(36)37)29(38)39)27(30(40)41)35(26)20-10-12-22(13-11-20)42-21-3-1-2-4-21/h5-15,21,25H,1-4,16H2,(H,36,37)(H,38,39)(H,40,41). The van der Waals surface area contributed by atoms with Gasteiger partial charge in [0.2, 0.25) is 0 Å². The number of alkyl halides is 3. The average molecular weight is 582 g/mol. The third-order valence-electron chi connectivity index (χ3n) is 7.52. The van der Waals surface area contributed by atoms with Crippen LogP contribution in [0.2, 0.25) is 0 Å². The Labute approximate surface area is 237 Å². The Morgan fingerprint density at radius 2 is 1.45 bits per heavy atom. The van der Waals surface area contributed by atoms with E-state index in [9.17, 15) is 42.9 Å². The minimum Gasteiger partial charge on any atom is -0.490 e. The van der Waals surface area contributed by atoms with Crippen LogP contribution in [0.5, 0.6) is 5.75 Å². The number of carboxylic acid groups (broad SMARTS) is 3. The zero-order chi connectivity index (χ0) is 30.2. The second-order valence-corrected chi connectivity index (χ2v) is 10.2. The number of aromatic carboxylic acids is 1. The van der Waals surface area contributed by atoms with E-state index in [0.717, 1.165) is 37.8 Å². The fourth-order valence-electron chi connectivity index (χ4n) is 5.44. The summed E-state index contributed by atoms with van der Waals surface area (Å²) in [5.74, 6) is -5.99. The van der Waals surface area contributed by atoms with Crippen LogP contribution in [0.15, 0.2) is 66.7 Å². The summed E-state index contributed by atoms with van der Waals surface area (Å²) < 4.78 is 46.7. The van der Waals surface area contributed by atoms with Crippen molar-refractivity contribution in [2.75, 3.05) is 0 Å². The van der Waals surface area contributed by atoms with Crippen molar-refractivity contribution in [3.8, 4) is 22.6 Å². The molecule has 1 aliphatic carbocycles. The number of hydrogen-bond donors (Lipinski definition) is 3. The van der Waals surface area contributed by atoms with E-state index < -0.39 is 42.0 Å². The fraction of sp³-hybridized carbons (Fsp3) is 0.258. The van der Waals surface area contributed by atoms with E-state index in [2.05, 4.69) is 0 Å². The molecule has 0 radical (unpaired) electrons. The van der Waals surface area contributed by atoms with Crippen LogP contribution in [0.25, 0.3) is 27.7 Å². The van der Waals surface area contributed by atoms with E-state index in [1.54, 1.807) is 36.4 Å². The van der Waals surface area contributed by atoms with Crippen molar-refractivity contribution in [3.63, 3.8) is 0 Å². The molecule has 8 nitrogen and oxygen atoms in total. The van der Waals surface area contributed by atoms with Crippen molar-refractivity contribution >= 4 is 28.8 Å². The lowest BCUT2D eigenvalue weighted by atomic mass is 9.95. The molecule has 4 aromatic rings. The van der Waals surface area contributed by atoms with E-state index in [1.165, 1.54) is 22.8 Å². The Morgan fingerprint density at radius 3 is 2.00 bits per heavy atom. The maximum atomic E-state index is 13.1. The molecule has 0 aliphatic heterocycles. The molecule has 1 saturated carbocycles. The minimum absolute atomic E-state index is 0.0210. The smallest absolute Gasteiger partial charge is 0.416 e. The first kappa shape index (κ1) is 28.7. The number of carboxylic acids is 3. The number of rotatable bonds is 9. The predicted octanol–water partition coefficient (Wildman–Crippen LogP) is 6.66. The summed E-state index contributed by atoms with van der Waals surface area (Å²) in [5.41, 5.74) is 0.456. The maximum Gasteiger partial charge on any atom is 0.416 e. The van der Waals surface area contributed by atoms with Gasteiger partial charge in [0.05, 0.1) is 17.2 Å². The van der Waals surface area contributed by atoms with E-state index in [0.29, 0.717) is 28.1 Å². The predicted molar refractivity (Wildman–Crippen MR) is 146 cm³/mol. The molecule has 1 aliphatic rings. The van der Waals surface area contributed by atoms with Gasteiger partial charge in [-0.05, 0) is 97.3 Å². The highest BCUT2D eigenvalue weighted by Crippen LogP contribution is 2.37. The second-order valence-electron chi connectivity index (χ2n) is 10.2. The van der Waals surface area contributed by atoms with Gasteiger partial charge in [-0.3, -0.25) is 9.59 Å². The van der Waals surface area contributed by atoms with Gasteiger partial charge in [-0.2, -0.15) is 13.2 Å². The van der Waals surface area contributed by atoms with Gasteiger partial charge in [-0.15, -0.1) is 0 Å². The maximum absolute atomic E-state index is 13.1. The highest BCUT2D eigenvalue weighted by molar-refractivity contribution is 6.02. The monoisotopic (exact) mass is 581 g/mol. The van der Waals surface area contributed by atoms with E-state index in [4.69, 9.17) is 4.74 Å². The lowest BCUT2D eigenvalue weighted by Crippen LogP contribution is -2.26. The van der Waals surface area contributed by atoms with Crippen molar-refractivity contribution in [2.24, 2.45) is 5.92 Å². The van der Waals surface area contributed by atoms with E-state index >= 15 is 0 Å².